The van der Waals surface area contributed by atoms with Gasteiger partial charge in [0, 0.05) is 22.3 Å². The van der Waals surface area contributed by atoms with Gasteiger partial charge in [-0.15, -0.1) is 0 Å². The molecule has 0 amide bonds. The van der Waals surface area contributed by atoms with Gasteiger partial charge in [0.2, 0.25) is 0 Å². The molecule has 2 aromatic carbocycles. The average Bonchev–Trinajstić information content (AvgIpc) is 2.55. The van der Waals surface area contributed by atoms with Gasteiger partial charge in [-0.05, 0) is 0 Å². The summed E-state index contributed by atoms with van der Waals surface area (Å²) in [7, 11) is 0. The van der Waals surface area contributed by atoms with Crippen molar-refractivity contribution < 1.29 is 27.2 Å². The second-order valence-corrected chi connectivity index (χ2v) is 4.17. The third kappa shape index (κ3) is 6.86. The molecule has 124 valence electrons. The van der Waals surface area contributed by atoms with Crippen LogP contribution in [-0.4, -0.2) is 12.6 Å². The fourth-order valence-corrected chi connectivity index (χ4v) is 1.44. The molecule has 6 heteroatoms. The first-order chi connectivity index (χ1) is 10.5. The lowest BCUT2D eigenvalue weighted by Gasteiger charge is -2.01. The molecule has 0 heterocycles. The molecule has 23 heavy (non-hydrogen) atoms. The Bertz CT molecular complexity index is 539. The highest BCUT2D eigenvalue weighted by molar-refractivity contribution is 5.79. The highest BCUT2D eigenvalue weighted by atomic mass is 19.3. The molecule has 0 unspecified atom stereocenters. The van der Waals surface area contributed by atoms with Gasteiger partial charge in [-0.1, -0.05) is 56.0 Å². The molecular weight excluding hydrogens is 312 g/mol. The molecule has 0 saturated heterocycles. The predicted molar refractivity (Wildman–Crippen MR) is 80.3 cm³/mol. The summed E-state index contributed by atoms with van der Waals surface area (Å²) in [6.45, 7) is 0. The van der Waals surface area contributed by atoms with Gasteiger partial charge in [0.05, 0.1) is 0 Å². The van der Waals surface area contributed by atoms with E-state index in [2.05, 4.69) is 0 Å². The van der Waals surface area contributed by atoms with Gasteiger partial charge in [0.25, 0.3) is 12.9 Å². The van der Waals surface area contributed by atoms with Crippen molar-refractivity contribution in [3.8, 4) is 0 Å². The zero-order valence-electron chi connectivity index (χ0n) is 11.3. The van der Waals surface area contributed by atoms with E-state index >= 15 is 0 Å². The molecule has 0 aromatic heterocycles. The quantitative estimate of drug-likeness (QED) is 0.548. The fourth-order valence-electron chi connectivity index (χ4n) is 1.44. The first-order valence-electron chi connectivity index (χ1n) is 6.14. The minimum atomic E-state index is -2.60. The van der Waals surface area contributed by atoms with Crippen molar-refractivity contribution in [2.24, 2.45) is 0 Å². The monoisotopic (exact) mass is 328 g/mol. The van der Waals surface area contributed by atoms with Gasteiger partial charge in [-0.2, -0.15) is 0 Å². The summed E-state index contributed by atoms with van der Waals surface area (Å²) >= 11 is 0. The maximum atomic E-state index is 11.9. The second-order valence-electron chi connectivity index (χ2n) is 4.17. The lowest BCUT2D eigenvalue weighted by Crippen LogP contribution is -1.87. The van der Waals surface area contributed by atoms with Gasteiger partial charge >= 0.3 is 0 Å². The predicted octanol–water partition coefficient (Wildman–Crippen LogP) is 5.51. The Kier molecular flexibility index (Phi) is 9.15. The SMILES string of the molecule is C.FC(F)c1ccc(C(F)F)cc1.O=Cc1ccc(C=O)cc1. The first kappa shape index (κ1) is 20.5. The van der Waals surface area contributed by atoms with Crippen LogP contribution in [0.5, 0.6) is 0 Å². The smallest absolute Gasteiger partial charge is 0.263 e. The maximum Gasteiger partial charge on any atom is 0.263 e. The summed E-state index contributed by atoms with van der Waals surface area (Å²) in [5, 5.41) is 0. The Morgan fingerprint density at radius 1 is 0.609 bits per heavy atom. The number of rotatable bonds is 4. The largest absolute Gasteiger partial charge is 0.298 e. The molecule has 0 aliphatic carbocycles. The Balaban J connectivity index is 0.000000409. The lowest BCUT2D eigenvalue weighted by atomic mass is 10.1. The lowest BCUT2D eigenvalue weighted by molar-refractivity contribution is 0.111. The van der Waals surface area contributed by atoms with E-state index in [-0.39, 0.29) is 18.6 Å². The molecule has 0 bridgehead atoms. The molecule has 0 spiro atoms. The van der Waals surface area contributed by atoms with Crippen molar-refractivity contribution in [1.82, 2.24) is 0 Å². The molecular formula is C17H16F4O2. The number of carbonyl (C=O) groups excluding carboxylic acids is 2. The minimum absolute atomic E-state index is 0. The van der Waals surface area contributed by atoms with E-state index in [0.29, 0.717) is 11.1 Å². The Morgan fingerprint density at radius 3 is 1.04 bits per heavy atom. The zero-order valence-corrected chi connectivity index (χ0v) is 11.3. The van der Waals surface area contributed by atoms with Crippen LogP contribution in [-0.2, 0) is 0 Å². The van der Waals surface area contributed by atoms with Crippen LogP contribution in [0.1, 0.15) is 52.1 Å². The van der Waals surface area contributed by atoms with Crippen molar-refractivity contribution in [3.63, 3.8) is 0 Å². The number of carbonyl (C=O) groups is 2. The van der Waals surface area contributed by atoms with Crippen LogP contribution in [0, 0.1) is 0 Å². The molecule has 0 fully saturated rings. The van der Waals surface area contributed by atoms with Crippen LogP contribution in [0.15, 0.2) is 48.5 Å². The standard InChI is InChI=1S/C8H6F4.C8H6O2.CH4/c9-7(10)5-1-2-6(4-3-5)8(11)12;9-5-7-1-2-8(6-10)4-3-7;/h1-4,7-8H;1-6H;1H4. The summed E-state index contributed by atoms with van der Waals surface area (Å²) in [5.74, 6) is 0. The Labute approximate surface area is 131 Å². The minimum Gasteiger partial charge on any atom is -0.298 e. The third-order valence-electron chi connectivity index (χ3n) is 2.65. The van der Waals surface area contributed by atoms with Crippen LogP contribution in [0.25, 0.3) is 0 Å². The summed E-state index contributed by atoms with van der Waals surface area (Å²) in [4.78, 5) is 20.2. The fraction of sp³-hybridized carbons (Fsp3) is 0.176. The van der Waals surface area contributed by atoms with Crippen molar-refractivity contribution in [2.45, 2.75) is 20.3 Å². The molecule has 2 rings (SSSR count). The number of halogens is 4. The van der Waals surface area contributed by atoms with E-state index < -0.39 is 12.9 Å². The summed E-state index contributed by atoms with van der Waals surface area (Å²) < 4.78 is 47.6. The van der Waals surface area contributed by atoms with E-state index in [1.54, 1.807) is 24.3 Å². The van der Waals surface area contributed by atoms with Gasteiger partial charge in [-0.25, -0.2) is 17.6 Å². The van der Waals surface area contributed by atoms with Crippen LogP contribution >= 0.6 is 0 Å². The van der Waals surface area contributed by atoms with E-state index in [1.165, 1.54) is 0 Å². The van der Waals surface area contributed by atoms with E-state index in [0.717, 1.165) is 36.8 Å². The summed E-state index contributed by atoms with van der Waals surface area (Å²) in [5.41, 5.74) is 0.704. The Hall–Kier alpha value is -2.50. The van der Waals surface area contributed by atoms with E-state index in [9.17, 15) is 27.2 Å². The summed E-state index contributed by atoms with van der Waals surface area (Å²) in [6.07, 6.45) is -3.71. The van der Waals surface area contributed by atoms with Gasteiger partial charge in [0.15, 0.2) is 0 Å². The van der Waals surface area contributed by atoms with Crippen LogP contribution in [0.3, 0.4) is 0 Å². The average molecular weight is 328 g/mol. The van der Waals surface area contributed by atoms with E-state index in [4.69, 9.17) is 0 Å². The first-order valence-corrected chi connectivity index (χ1v) is 6.14. The molecule has 0 radical (unpaired) electrons. The number of hydrogen-bond donors (Lipinski definition) is 0. The molecule has 0 atom stereocenters. The number of hydrogen-bond acceptors (Lipinski definition) is 2. The Morgan fingerprint density at radius 2 is 0.870 bits per heavy atom. The number of aldehydes is 2. The van der Waals surface area contributed by atoms with Crippen molar-refractivity contribution in [1.29, 1.82) is 0 Å². The van der Waals surface area contributed by atoms with Crippen LogP contribution in [0.4, 0.5) is 17.6 Å². The molecule has 2 nitrogen and oxygen atoms in total. The van der Waals surface area contributed by atoms with Crippen LogP contribution in [0.2, 0.25) is 0 Å². The molecule has 0 aliphatic rings. The van der Waals surface area contributed by atoms with Gasteiger partial charge in [0.1, 0.15) is 12.6 Å². The van der Waals surface area contributed by atoms with Crippen molar-refractivity contribution in [3.05, 3.63) is 70.8 Å². The highest BCUT2D eigenvalue weighted by Crippen LogP contribution is 2.23. The van der Waals surface area contributed by atoms with E-state index in [1.807, 2.05) is 0 Å². The van der Waals surface area contributed by atoms with Crippen LogP contribution < -0.4 is 0 Å². The van der Waals surface area contributed by atoms with Crippen molar-refractivity contribution >= 4 is 12.6 Å². The molecule has 0 saturated carbocycles. The number of benzene rings is 2. The maximum absolute atomic E-state index is 11.9. The molecule has 0 N–H and O–H groups in total. The second kappa shape index (κ2) is 10.3. The van der Waals surface area contributed by atoms with Gasteiger partial charge < -0.3 is 0 Å². The van der Waals surface area contributed by atoms with Gasteiger partial charge in [-0.3, -0.25) is 9.59 Å². The normalized spacial score (nSPS) is 9.65. The third-order valence-corrected chi connectivity index (χ3v) is 2.65. The molecule has 2 aromatic rings. The zero-order chi connectivity index (χ0) is 16.5. The highest BCUT2D eigenvalue weighted by Gasteiger charge is 2.09. The topological polar surface area (TPSA) is 34.1 Å². The summed E-state index contributed by atoms with van der Waals surface area (Å²) in [6, 6.07) is 10.5. The van der Waals surface area contributed by atoms with Crippen molar-refractivity contribution in [2.75, 3.05) is 0 Å². The molecule has 0 aliphatic heterocycles. The number of alkyl halides is 4.